The van der Waals surface area contributed by atoms with Crippen LogP contribution in [-0.4, -0.2) is 23.8 Å². The summed E-state index contributed by atoms with van der Waals surface area (Å²) >= 11 is 0. The second kappa shape index (κ2) is 11.3. The minimum Gasteiger partial charge on any atom is -0.436 e. The third kappa shape index (κ3) is 7.71. The molecule has 1 saturated carbocycles. The molecule has 1 aliphatic carbocycles. The highest BCUT2D eigenvalue weighted by Crippen LogP contribution is 2.34. The van der Waals surface area contributed by atoms with Crippen LogP contribution in [0.1, 0.15) is 43.7 Å². The van der Waals surface area contributed by atoms with Gasteiger partial charge >= 0.3 is 6.09 Å². The van der Waals surface area contributed by atoms with E-state index in [1.807, 2.05) is 60.7 Å². The van der Waals surface area contributed by atoms with Gasteiger partial charge < -0.3 is 20.1 Å². The average Bonchev–Trinajstić information content (AvgIpc) is 3.62. The van der Waals surface area contributed by atoms with E-state index < -0.39 is 23.8 Å². The maximum absolute atomic E-state index is 13.0. The number of nitriles is 1. The van der Waals surface area contributed by atoms with Crippen molar-refractivity contribution in [3.05, 3.63) is 71.8 Å². The zero-order valence-electron chi connectivity index (χ0n) is 18.3. The van der Waals surface area contributed by atoms with Crippen molar-refractivity contribution in [2.45, 2.75) is 57.6 Å². The van der Waals surface area contributed by atoms with Crippen LogP contribution >= 0.6 is 0 Å². The van der Waals surface area contributed by atoms with Crippen LogP contribution in [0.15, 0.2) is 60.7 Å². The maximum Gasteiger partial charge on any atom is 0.408 e. The number of amides is 2. The standard InChI is InChI=1S/C25H29N3O4/c1-25(14-15-26,31-18-21-10-6-3-7-11-21)28-23(29)22(16-19-12-13-19)32-24(30)27-17-20-8-4-2-5-9-20/h2-11,19,22H,12-14,16-18H2,1H3,(H,27,30)(H,28,29). The molecular formula is C25H29N3O4. The summed E-state index contributed by atoms with van der Waals surface area (Å²) in [7, 11) is 0. The number of carbonyl (C=O) groups excluding carboxylic acids is 2. The van der Waals surface area contributed by atoms with E-state index in [9.17, 15) is 14.9 Å². The van der Waals surface area contributed by atoms with E-state index in [4.69, 9.17) is 9.47 Å². The molecule has 2 aromatic carbocycles. The fourth-order valence-corrected chi connectivity index (χ4v) is 3.25. The molecule has 7 nitrogen and oxygen atoms in total. The summed E-state index contributed by atoms with van der Waals surface area (Å²) in [6.07, 6.45) is 0.837. The first kappa shape index (κ1) is 23.3. The van der Waals surface area contributed by atoms with Gasteiger partial charge in [-0.25, -0.2) is 4.79 Å². The zero-order chi connectivity index (χ0) is 22.8. The number of benzene rings is 2. The number of hydrogen-bond donors (Lipinski definition) is 2. The van der Waals surface area contributed by atoms with Crippen LogP contribution in [0.25, 0.3) is 0 Å². The van der Waals surface area contributed by atoms with Crippen molar-refractivity contribution in [3.63, 3.8) is 0 Å². The predicted molar refractivity (Wildman–Crippen MR) is 119 cm³/mol. The van der Waals surface area contributed by atoms with E-state index in [0.29, 0.717) is 18.9 Å². The summed E-state index contributed by atoms with van der Waals surface area (Å²) in [4.78, 5) is 25.4. The van der Waals surface area contributed by atoms with Gasteiger partial charge in [0.15, 0.2) is 11.8 Å². The highest BCUT2D eigenvalue weighted by atomic mass is 16.6. The van der Waals surface area contributed by atoms with Gasteiger partial charge in [-0.3, -0.25) is 4.79 Å². The predicted octanol–water partition coefficient (Wildman–Crippen LogP) is 4.04. The van der Waals surface area contributed by atoms with E-state index in [1.165, 1.54) is 0 Å². The van der Waals surface area contributed by atoms with E-state index in [2.05, 4.69) is 16.7 Å². The number of nitrogens with one attached hydrogen (secondary N) is 2. The lowest BCUT2D eigenvalue weighted by molar-refractivity contribution is -0.142. The lowest BCUT2D eigenvalue weighted by Gasteiger charge is -2.30. The van der Waals surface area contributed by atoms with E-state index in [1.54, 1.807) is 6.92 Å². The number of carbonyl (C=O) groups is 2. The topological polar surface area (TPSA) is 100 Å². The summed E-state index contributed by atoms with van der Waals surface area (Å²) < 4.78 is 11.4. The second-order valence-corrected chi connectivity index (χ2v) is 8.24. The van der Waals surface area contributed by atoms with Gasteiger partial charge in [0.2, 0.25) is 0 Å². The molecule has 2 amide bonds. The van der Waals surface area contributed by atoms with Crippen molar-refractivity contribution >= 4 is 12.0 Å². The van der Waals surface area contributed by atoms with Gasteiger partial charge in [-0.2, -0.15) is 5.26 Å². The fraction of sp³-hybridized carbons (Fsp3) is 0.400. The van der Waals surface area contributed by atoms with Crippen LogP contribution in [0.3, 0.4) is 0 Å². The third-order valence-electron chi connectivity index (χ3n) is 5.27. The zero-order valence-corrected chi connectivity index (χ0v) is 18.3. The first-order chi connectivity index (χ1) is 15.5. The van der Waals surface area contributed by atoms with Crippen molar-refractivity contribution in [1.29, 1.82) is 5.26 Å². The van der Waals surface area contributed by atoms with Crippen LogP contribution < -0.4 is 10.6 Å². The first-order valence-corrected chi connectivity index (χ1v) is 10.8. The SMILES string of the molecule is CC(CC#N)(NC(=O)C(CC1CC1)OC(=O)NCc1ccccc1)OCc1ccccc1. The highest BCUT2D eigenvalue weighted by Gasteiger charge is 2.36. The van der Waals surface area contributed by atoms with Crippen LogP contribution in [0, 0.1) is 17.2 Å². The molecule has 0 aromatic heterocycles. The minimum atomic E-state index is -1.20. The molecule has 32 heavy (non-hydrogen) atoms. The number of hydrogen-bond acceptors (Lipinski definition) is 5. The Labute approximate surface area is 188 Å². The smallest absolute Gasteiger partial charge is 0.408 e. The van der Waals surface area contributed by atoms with Gasteiger partial charge in [0, 0.05) is 6.54 Å². The molecule has 0 aliphatic heterocycles. The molecule has 168 valence electrons. The Hall–Kier alpha value is -3.37. The first-order valence-electron chi connectivity index (χ1n) is 10.8. The molecule has 2 aromatic rings. The molecule has 7 heteroatoms. The molecular weight excluding hydrogens is 406 g/mol. The Morgan fingerprint density at radius 2 is 1.72 bits per heavy atom. The summed E-state index contributed by atoms with van der Waals surface area (Å²) in [5.74, 6) is -0.0993. The Bertz CT molecular complexity index is 925. The van der Waals surface area contributed by atoms with E-state index >= 15 is 0 Å². The molecule has 0 radical (unpaired) electrons. The van der Waals surface area contributed by atoms with Gasteiger partial charge in [-0.1, -0.05) is 73.5 Å². The fourth-order valence-electron chi connectivity index (χ4n) is 3.25. The Balaban J connectivity index is 1.58. The maximum atomic E-state index is 13.0. The Morgan fingerprint density at radius 1 is 1.09 bits per heavy atom. The molecule has 0 bridgehead atoms. The Morgan fingerprint density at radius 3 is 2.31 bits per heavy atom. The summed E-state index contributed by atoms with van der Waals surface area (Å²) in [5, 5.41) is 14.7. The second-order valence-electron chi connectivity index (χ2n) is 8.24. The van der Waals surface area contributed by atoms with Crippen molar-refractivity contribution in [2.24, 2.45) is 5.92 Å². The number of ether oxygens (including phenoxy) is 2. The van der Waals surface area contributed by atoms with E-state index in [0.717, 1.165) is 24.0 Å². The number of nitrogens with zero attached hydrogens (tertiary/aromatic N) is 1. The van der Waals surface area contributed by atoms with Crippen LogP contribution in [-0.2, 0) is 27.4 Å². The molecule has 0 heterocycles. The van der Waals surface area contributed by atoms with Crippen LogP contribution in [0.4, 0.5) is 4.79 Å². The summed E-state index contributed by atoms with van der Waals surface area (Å²) in [5.41, 5.74) is 0.661. The van der Waals surface area contributed by atoms with Gasteiger partial charge in [0.25, 0.3) is 5.91 Å². The quantitative estimate of drug-likeness (QED) is 0.519. The monoisotopic (exact) mass is 435 g/mol. The molecule has 2 N–H and O–H groups in total. The number of alkyl carbamates (subject to hydrolysis) is 1. The minimum absolute atomic E-state index is 0.0398. The van der Waals surface area contributed by atoms with E-state index in [-0.39, 0.29) is 13.0 Å². The average molecular weight is 436 g/mol. The normalized spacial score (nSPS) is 15.6. The molecule has 3 rings (SSSR count). The molecule has 0 saturated heterocycles. The van der Waals surface area contributed by atoms with Gasteiger partial charge in [0.05, 0.1) is 19.1 Å². The van der Waals surface area contributed by atoms with Crippen molar-refractivity contribution < 1.29 is 19.1 Å². The number of rotatable bonds is 11. The summed E-state index contributed by atoms with van der Waals surface area (Å²) in [6.45, 7) is 2.20. The lowest BCUT2D eigenvalue weighted by Crippen LogP contribution is -2.52. The van der Waals surface area contributed by atoms with Crippen molar-refractivity contribution in [3.8, 4) is 6.07 Å². The van der Waals surface area contributed by atoms with Crippen molar-refractivity contribution in [2.75, 3.05) is 0 Å². The van der Waals surface area contributed by atoms with Crippen LogP contribution in [0.5, 0.6) is 0 Å². The Kier molecular flexibility index (Phi) is 8.23. The molecule has 2 unspecified atom stereocenters. The van der Waals surface area contributed by atoms with Crippen LogP contribution in [0.2, 0.25) is 0 Å². The lowest BCUT2D eigenvalue weighted by atomic mass is 10.1. The molecule has 2 atom stereocenters. The summed E-state index contributed by atoms with van der Waals surface area (Å²) in [6, 6.07) is 21.0. The third-order valence-corrected chi connectivity index (χ3v) is 5.27. The van der Waals surface area contributed by atoms with Crippen molar-refractivity contribution in [1.82, 2.24) is 10.6 Å². The largest absolute Gasteiger partial charge is 0.436 e. The van der Waals surface area contributed by atoms with Gasteiger partial charge in [-0.15, -0.1) is 0 Å². The van der Waals surface area contributed by atoms with Gasteiger partial charge in [-0.05, 0) is 30.4 Å². The molecule has 0 spiro atoms. The van der Waals surface area contributed by atoms with Gasteiger partial charge in [0.1, 0.15) is 0 Å². The molecule has 1 aliphatic rings. The highest BCUT2D eigenvalue weighted by molar-refractivity contribution is 5.84. The molecule has 1 fully saturated rings.